The Morgan fingerprint density at radius 1 is 1.00 bits per heavy atom. The maximum atomic E-state index is 4.04. The number of nitrogens with one attached hydrogen (secondary N) is 1. The molecule has 0 bridgehead atoms. The van der Waals surface area contributed by atoms with E-state index < -0.39 is 0 Å². The molecule has 0 aromatic heterocycles. The van der Waals surface area contributed by atoms with Gasteiger partial charge in [0.05, 0.1) is 0 Å². The number of piperidine rings is 1. The van der Waals surface area contributed by atoms with Gasteiger partial charge in [-0.15, -0.1) is 0 Å². The Hall–Kier alpha value is -0.0800. The molecule has 1 saturated carbocycles. The van der Waals surface area contributed by atoms with Gasteiger partial charge < -0.3 is 10.2 Å². The van der Waals surface area contributed by atoms with Crippen LogP contribution in [-0.2, 0) is 0 Å². The minimum Gasteiger partial charge on any atom is -0.310 e. The number of nitrogens with zero attached hydrogens (tertiary/aromatic N) is 1. The summed E-state index contributed by atoms with van der Waals surface area (Å²) in [5.41, 5.74) is 0.459. The van der Waals surface area contributed by atoms with Crippen LogP contribution in [0.15, 0.2) is 0 Å². The molecule has 2 atom stereocenters. The minimum atomic E-state index is 0.459. The summed E-state index contributed by atoms with van der Waals surface area (Å²) in [5.74, 6) is 1.65. The number of likely N-dealkylation sites (tertiary alicyclic amines) is 1. The molecule has 2 unspecified atom stereocenters. The average molecular weight is 309 g/mol. The van der Waals surface area contributed by atoms with Crippen molar-refractivity contribution in [2.75, 3.05) is 19.6 Å². The summed E-state index contributed by atoms with van der Waals surface area (Å²) < 4.78 is 0. The first-order valence-electron chi connectivity index (χ1n) is 9.80. The zero-order valence-electron chi connectivity index (χ0n) is 15.8. The molecule has 0 amide bonds. The first-order chi connectivity index (χ1) is 10.3. The molecule has 1 N–H and O–H groups in total. The fraction of sp³-hybridized carbons (Fsp3) is 1.00. The van der Waals surface area contributed by atoms with Crippen molar-refractivity contribution in [1.29, 1.82) is 0 Å². The molecule has 1 heterocycles. The molecule has 0 spiro atoms. The van der Waals surface area contributed by atoms with E-state index in [-0.39, 0.29) is 0 Å². The van der Waals surface area contributed by atoms with E-state index in [1.54, 1.807) is 0 Å². The lowest BCUT2D eigenvalue weighted by atomic mass is 9.79. The van der Waals surface area contributed by atoms with Gasteiger partial charge in [-0.05, 0) is 42.9 Å². The van der Waals surface area contributed by atoms with Crippen molar-refractivity contribution in [3.05, 3.63) is 0 Å². The number of rotatable bonds is 5. The summed E-state index contributed by atoms with van der Waals surface area (Å²) in [4.78, 5) is 2.74. The highest BCUT2D eigenvalue weighted by Gasteiger charge is 2.31. The maximum Gasteiger partial charge on any atom is 0.0200 e. The zero-order chi connectivity index (χ0) is 16.2. The summed E-state index contributed by atoms with van der Waals surface area (Å²) in [6, 6.07) is 1.52. The van der Waals surface area contributed by atoms with Crippen molar-refractivity contribution < 1.29 is 0 Å². The van der Waals surface area contributed by atoms with Gasteiger partial charge in [0, 0.05) is 31.7 Å². The van der Waals surface area contributed by atoms with E-state index in [1.165, 1.54) is 64.6 Å². The first kappa shape index (κ1) is 18.3. The topological polar surface area (TPSA) is 15.3 Å². The fourth-order valence-electron chi connectivity index (χ4n) is 4.71. The van der Waals surface area contributed by atoms with E-state index in [9.17, 15) is 0 Å². The van der Waals surface area contributed by atoms with Crippen molar-refractivity contribution in [2.45, 2.75) is 91.6 Å². The SMILES string of the molecule is CC(C)CN1CC(CC(C)(C)C)CC(NC2CCCCC2)C1. The molecule has 2 fully saturated rings. The lowest BCUT2D eigenvalue weighted by Crippen LogP contribution is -2.53. The fourth-order valence-corrected chi connectivity index (χ4v) is 4.71. The third-order valence-corrected chi connectivity index (χ3v) is 5.21. The number of hydrogen-bond donors (Lipinski definition) is 1. The third kappa shape index (κ3) is 6.58. The van der Waals surface area contributed by atoms with E-state index in [4.69, 9.17) is 0 Å². The predicted octanol–water partition coefficient (Wildman–Crippen LogP) is 4.69. The molecule has 0 aromatic carbocycles. The van der Waals surface area contributed by atoms with Crippen LogP contribution in [0, 0.1) is 17.3 Å². The first-order valence-corrected chi connectivity index (χ1v) is 9.80. The Balaban J connectivity index is 1.91. The summed E-state index contributed by atoms with van der Waals surface area (Å²) in [5, 5.41) is 4.04. The van der Waals surface area contributed by atoms with Crippen LogP contribution < -0.4 is 5.32 Å². The highest BCUT2D eigenvalue weighted by molar-refractivity contribution is 4.88. The van der Waals surface area contributed by atoms with Gasteiger partial charge in [-0.2, -0.15) is 0 Å². The van der Waals surface area contributed by atoms with Crippen LogP contribution in [0.3, 0.4) is 0 Å². The Labute approximate surface area is 139 Å². The van der Waals surface area contributed by atoms with Gasteiger partial charge in [-0.1, -0.05) is 53.9 Å². The van der Waals surface area contributed by atoms with E-state index in [0.29, 0.717) is 5.41 Å². The quantitative estimate of drug-likeness (QED) is 0.792. The van der Waals surface area contributed by atoms with Crippen molar-refractivity contribution in [2.24, 2.45) is 17.3 Å². The van der Waals surface area contributed by atoms with Crippen LogP contribution in [0.1, 0.15) is 79.6 Å². The predicted molar refractivity (Wildman–Crippen MR) is 97.3 cm³/mol. The summed E-state index contributed by atoms with van der Waals surface area (Å²) >= 11 is 0. The minimum absolute atomic E-state index is 0.459. The van der Waals surface area contributed by atoms with Gasteiger partial charge in [0.2, 0.25) is 0 Å². The van der Waals surface area contributed by atoms with Crippen LogP contribution in [0.25, 0.3) is 0 Å². The van der Waals surface area contributed by atoms with Crippen LogP contribution in [0.4, 0.5) is 0 Å². The van der Waals surface area contributed by atoms with Crippen LogP contribution in [-0.4, -0.2) is 36.6 Å². The Morgan fingerprint density at radius 2 is 1.68 bits per heavy atom. The van der Waals surface area contributed by atoms with Crippen molar-refractivity contribution in [3.63, 3.8) is 0 Å². The van der Waals surface area contributed by atoms with Crippen molar-refractivity contribution in [1.82, 2.24) is 10.2 Å². The monoisotopic (exact) mass is 308 g/mol. The van der Waals surface area contributed by atoms with E-state index in [0.717, 1.165) is 23.9 Å². The molecule has 2 heteroatoms. The Kier molecular flexibility index (Phi) is 6.76. The molecule has 0 radical (unpaired) electrons. The van der Waals surface area contributed by atoms with Crippen molar-refractivity contribution in [3.8, 4) is 0 Å². The Morgan fingerprint density at radius 3 is 2.27 bits per heavy atom. The molecule has 130 valence electrons. The summed E-state index contributed by atoms with van der Waals surface area (Å²) in [6.45, 7) is 15.8. The molecule has 1 saturated heterocycles. The van der Waals surface area contributed by atoms with Crippen LogP contribution >= 0.6 is 0 Å². The van der Waals surface area contributed by atoms with Gasteiger partial charge in [0.25, 0.3) is 0 Å². The van der Waals surface area contributed by atoms with E-state index >= 15 is 0 Å². The zero-order valence-corrected chi connectivity index (χ0v) is 15.8. The summed E-state index contributed by atoms with van der Waals surface area (Å²) in [6.07, 6.45) is 9.90. The molecule has 2 nitrogen and oxygen atoms in total. The largest absolute Gasteiger partial charge is 0.310 e. The normalized spacial score (nSPS) is 29.2. The van der Waals surface area contributed by atoms with Gasteiger partial charge in [-0.3, -0.25) is 0 Å². The second-order valence-electron chi connectivity index (χ2n) is 9.68. The smallest absolute Gasteiger partial charge is 0.0200 e. The molecule has 2 aliphatic rings. The Bertz CT molecular complexity index is 312. The van der Waals surface area contributed by atoms with E-state index in [1.807, 2.05) is 0 Å². The number of hydrogen-bond acceptors (Lipinski definition) is 2. The second kappa shape index (κ2) is 8.15. The average Bonchev–Trinajstić information content (AvgIpc) is 2.36. The highest BCUT2D eigenvalue weighted by atomic mass is 15.2. The lowest BCUT2D eigenvalue weighted by Gasteiger charge is -2.42. The van der Waals surface area contributed by atoms with Gasteiger partial charge in [-0.25, -0.2) is 0 Å². The molecule has 1 aliphatic heterocycles. The van der Waals surface area contributed by atoms with Gasteiger partial charge >= 0.3 is 0 Å². The molecular weight excluding hydrogens is 268 g/mol. The highest BCUT2D eigenvalue weighted by Crippen LogP contribution is 2.31. The van der Waals surface area contributed by atoms with Gasteiger partial charge in [0.15, 0.2) is 0 Å². The van der Waals surface area contributed by atoms with Crippen molar-refractivity contribution >= 4 is 0 Å². The molecular formula is C20H40N2. The molecule has 22 heavy (non-hydrogen) atoms. The lowest BCUT2D eigenvalue weighted by molar-refractivity contribution is 0.0970. The maximum absolute atomic E-state index is 4.04. The third-order valence-electron chi connectivity index (χ3n) is 5.21. The van der Waals surface area contributed by atoms with E-state index in [2.05, 4.69) is 44.8 Å². The van der Waals surface area contributed by atoms with Crippen LogP contribution in [0.2, 0.25) is 0 Å². The summed E-state index contributed by atoms with van der Waals surface area (Å²) in [7, 11) is 0. The standard InChI is InChI=1S/C20H40N2/c1-16(2)13-22-14-17(12-20(3,4)5)11-19(15-22)21-18-9-7-6-8-10-18/h16-19,21H,6-15H2,1-5H3. The molecule has 0 aromatic rings. The van der Waals surface area contributed by atoms with Crippen LogP contribution in [0.5, 0.6) is 0 Å². The second-order valence-corrected chi connectivity index (χ2v) is 9.68. The van der Waals surface area contributed by atoms with Gasteiger partial charge in [0.1, 0.15) is 0 Å². The molecule has 1 aliphatic carbocycles. The molecule has 2 rings (SSSR count).